The first-order valence-electron chi connectivity index (χ1n) is 18.7. The number of hydrogen-bond acceptors (Lipinski definition) is 3. The first-order chi connectivity index (χ1) is 27.3. The van der Waals surface area contributed by atoms with E-state index in [0.29, 0.717) is 0 Å². The molecular weight excluding hydrogens is 687 g/mol. The van der Waals surface area contributed by atoms with Crippen LogP contribution in [0.1, 0.15) is 0 Å². The lowest BCUT2D eigenvalue weighted by molar-refractivity contribution is 0.672. The average Bonchev–Trinajstić information content (AvgIpc) is 3.84. The molecule has 0 N–H and O–H groups in total. The molecule has 0 unspecified atom stereocenters. The molecule has 0 radical (unpaired) electrons. The van der Waals surface area contributed by atoms with Gasteiger partial charge >= 0.3 is 0 Å². The molecule has 0 fully saturated rings. The molecule has 0 saturated heterocycles. The van der Waals surface area contributed by atoms with Crippen LogP contribution in [0.5, 0.6) is 0 Å². The van der Waals surface area contributed by atoms with Gasteiger partial charge in [-0.1, -0.05) is 146 Å². The number of anilines is 3. The van der Waals surface area contributed by atoms with Crippen molar-refractivity contribution in [1.29, 1.82) is 0 Å². The van der Waals surface area contributed by atoms with Crippen LogP contribution in [-0.4, -0.2) is 0 Å². The highest BCUT2D eigenvalue weighted by atomic mass is 32.1. The fraction of sp³-hybridized carbons (Fsp3) is 0. The predicted molar refractivity (Wildman–Crippen MR) is 235 cm³/mol. The summed E-state index contributed by atoms with van der Waals surface area (Å²) in [6.07, 6.45) is 0. The minimum Gasteiger partial charge on any atom is -0.455 e. The van der Waals surface area contributed by atoms with Crippen molar-refractivity contribution in [3.8, 4) is 33.4 Å². The van der Waals surface area contributed by atoms with E-state index in [2.05, 4.69) is 205 Å². The molecule has 9 aromatic carbocycles. The van der Waals surface area contributed by atoms with Crippen molar-refractivity contribution < 1.29 is 4.42 Å². The summed E-state index contributed by atoms with van der Waals surface area (Å²) in [6.45, 7) is 0. The maximum absolute atomic E-state index is 6.72. The number of rotatable bonds is 6. The van der Waals surface area contributed by atoms with E-state index in [1.165, 1.54) is 58.9 Å². The third-order valence-electron chi connectivity index (χ3n) is 10.9. The summed E-state index contributed by atoms with van der Waals surface area (Å²) in [4.78, 5) is 2.44. The Labute approximate surface area is 322 Å². The van der Waals surface area contributed by atoms with Gasteiger partial charge in [-0.05, 0) is 93.4 Å². The standard InChI is InChI=1S/C52H33NOS/c1-3-13-34(14-4-1)38-28-31-40(44(33-38)35-15-5-2-6-16-35)37-25-29-39(30-26-37)53(46-21-12-24-49-51(46)42-19-9-10-23-48(42)55-49)45-20-11-22-47-50(45)43-32-27-36-17-7-8-18-41(36)52(43)54-47/h1-33H. The van der Waals surface area contributed by atoms with E-state index < -0.39 is 0 Å². The van der Waals surface area contributed by atoms with Crippen LogP contribution in [0, 0.1) is 0 Å². The molecular formula is C52H33NOS. The highest BCUT2D eigenvalue weighted by Crippen LogP contribution is 2.49. The zero-order valence-electron chi connectivity index (χ0n) is 29.8. The molecule has 0 aliphatic carbocycles. The molecule has 0 spiro atoms. The summed E-state index contributed by atoms with van der Waals surface area (Å²) >= 11 is 1.85. The van der Waals surface area contributed by atoms with Gasteiger partial charge in [0.25, 0.3) is 0 Å². The molecule has 11 aromatic rings. The lowest BCUT2D eigenvalue weighted by Crippen LogP contribution is -2.10. The van der Waals surface area contributed by atoms with Crippen molar-refractivity contribution >= 4 is 81.3 Å². The van der Waals surface area contributed by atoms with E-state index in [1.807, 2.05) is 11.3 Å². The smallest absolute Gasteiger partial charge is 0.143 e. The van der Waals surface area contributed by atoms with Gasteiger partial charge in [0.15, 0.2) is 0 Å². The Morgan fingerprint density at radius 1 is 0.382 bits per heavy atom. The van der Waals surface area contributed by atoms with Gasteiger partial charge in [0.05, 0.1) is 16.8 Å². The van der Waals surface area contributed by atoms with E-state index in [0.717, 1.165) is 44.4 Å². The SMILES string of the molecule is c1ccc(-c2ccc(-c3ccc(N(c4cccc5oc6c7ccccc7ccc6c45)c4cccc5sc6ccccc6c45)cc3)c(-c3ccccc3)c2)cc1. The molecule has 0 saturated carbocycles. The van der Waals surface area contributed by atoms with Gasteiger partial charge in [-0.25, -0.2) is 0 Å². The lowest BCUT2D eigenvalue weighted by atomic mass is 9.91. The number of thiophene rings is 1. The molecule has 0 amide bonds. The van der Waals surface area contributed by atoms with Crippen LogP contribution in [0.15, 0.2) is 205 Å². The van der Waals surface area contributed by atoms with Crippen LogP contribution in [0.25, 0.3) is 86.3 Å². The number of benzene rings is 9. The first kappa shape index (κ1) is 31.6. The molecule has 2 nitrogen and oxygen atoms in total. The van der Waals surface area contributed by atoms with E-state index in [4.69, 9.17) is 4.42 Å². The molecule has 0 aliphatic heterocycles. The van der Waals surface area contributed by atoms with Gasteiger partial charge in [-0.3, -0.25) is 0 Å². The Morgan fingerprint density at radius 3 is 1.84 bits per heavy atom. The van der Waals surface area contributed by atoms with Crippen molar-refractivity contribution in [1.82, 2.24) is 0 Å². The summed E-state index contributed by atoms with van der Waals surface area (Å²) in [6, 6.07) is 72.1. The Bertz CT molecular complexity index is 3190. The van der Waals surface area contributed by atoms with E-state index in [9.17, 15) is 0 Å². The molecule has 2 aromatic heterocycles. The van der Waals surface area contributed by atoms with Crippen molar-refractivity contribution in [2.24, 2.45) is 0 Å². The topological polar surface area (TPSA) is 16.4 Å². The van der Waals surface area contributed by atoms with E-state index in [-0.39, 0.29) is 0 Å². The largest absolute Gasteiger partial charge is 0.455 e. The van der Waals surface area contributed by atoms with E-state index in [1.54, 1.807) is 0 Å². The minimum absolute atomic E-state index is 0.874. The maximum atomic E-state index is 6.72. The number of hydrogen-bond donors (Lipinski definition) is 0. The Morgan fingerprint density at radius 2 is 1.02 bits per heavy atom. The second kappa shape index (κ2) is 12.9. The molecule has 11 rings (SSSR count). The Hall–Kier alpha value is -6.94. The van der Waals surface area contributed by atoms with Crippen molar-refractivity contribution in [2.75, 3.05) is 4.90 Å². The summed E-state index contributed by atoms with van der Waals surface area (Å²) in [7, 11) is 0. The van der Waals surface area contributed by atoms with Gasteiger partial charge in [-0.15, -0.1) is 11.3 Å². The lowest BCUT2D eigenvalue weighted by Gasteiger charge is -2.27. The fourth-order valence-corrected chi connectivity index (χ4v) is 9.45. The number of fused-ring (bicyclic) bond motifs is 8. The highest BCUT2D eigenvalue weighted by molar-refractivity contribution is 7.26. The number of furan rings is 1. The van der Waals surface area contributed by atoms with Crippen LogP contribution in [-0.2, 0) is 0 Å². The van der Waals surface area contributed by atoms with Crippen LogP contribution >= 0.6 is 11.3 Å². The molecule has 3 heteroatoms. The monoisotopic (exact) mass is 719 g/mol. The average molecular weight is 720 g/mol. The van der Waals surface area contributed by atoms with Crippen LogP contribution in [0.2, 0.25) is 0 Å². The second-order valence-electron chi connectivity index (χ2n) is 14.0. The van der Waals surface area contributed by atoms with Crippen molar-refractivity contribution in [2.45, 2.75) is 0 Å². The summed E-state index contributed by atoms with van der Waals surface area (Å²) in [5.74, 6) is 0. The third-order valence-corrected chi connectivity index (χ3v) is 12.0. The molecule has 0 bridgehead atoms. The second-order valence-corrected chi connectivity index (χ2v) is 15.1. The highest BCUT2D eigenvalue weighted by Gasteiger charge is 2.23. The van der Waals surface area contributed by atoms with Gasteiger partial charge in [0.2, 0.25) is 0 Å². The zero-order valence-corrected chi connectivity index (χ0v) is 30.6. The zero-order chi connectivity index (χ0) is 36.3. The fourth-order valence-electron chi connectivity index (χ4n) is 8.32. The van der Waals surface area contributed by atoms with Gasteiger partial charge in [0.1, 0.15) is 11.2 Å². The first-order valence-corrected chi connectivity index (χ1v) is 19.5. The quantitative estimate of drug-likeness (QED) is 0.170. The van der Waals surface area contributed by atoms with Crippen LogP contribution < -0.4 is 4.90 Å². The third kappa shape index (κ3) is 5.24. The van der Waals surface area contributed by atoms with Gasteiger partial charge in [0, 0.05) is 36.6 Å². The molecule has 0 aliphatic rings. The summed E-state index contributed by atoms with van der Waals surface area (Å²) in [5.41, 5.74) is 12.3. The summed E-state index contributed by atoms with van der Waals surface area (Å²) in [5, 5.41) is 7.03. The van der Waals surface area contributed by atoms with Crippen LogP contribution in [0.3, 0.4) is 0 Å². The van der Waals surface area contributed by atoms with Gasteiger partial charge < -0.3 is 9.32 Å². The minimum atomic E-state index is 0.874. The Kier molecular flexibility index (Phi) is 7.39. The van der Waals surface area contributed by atoms with Crippen LogP contribution in [0.4, 0.5) is 17.1 Å². The van der Waals surface area contributed by atoms with Gasteiger partial charge in [-0.2, -0.15) is 0 Å². The normalized spacial score (nSPS) is 11.6. The van der Waals surface area contributed by atoms with E-state index >= 15 is 0 Å². The predicted octanol–water partition coefficient (Wildman–Crippen LogP) is 15.6. The molecule has 258 valence electrons. The number of nitrogens with zero attached hydrogens (tertiary/aromatic N) is 1. The maximum Gasteiger partial charge on any atom is 0.143 e. The molecule has 0 atom stereocenters. The molecule has 55 heavy (non-hydrogen) atoms. The molecule has 2 heterocycles. The summed E-state index contributed by atoms with van der Waals surface area (Å²) < 4.78 is 9.27. The van der Waals surface area contributed by atoms with Crippen molar-refractivity contribution in [3.63, 3.8) is 0 Å². The Balaban J connectivity index is 1.13. The van der Waals surface area contributed by atoms with Crippen molar-refractivity contribution in [3.05, 3.63) is 200 Å².